The van der Waals surface area contributed by atoms with Gasteiger partial charge in [-0.1, -0.05) is 0 Å². The number of hydrazone groups is 1. The molecule has 1 aliphatic heterocycles. The number of rotatable bonds is 7. The predicted octanol–water partition coefficient (Wildman–Crippen LogP) is 3.12. The Balaban J connectivity index is 1.60. The van der Waals surface area contributed by atoms with Crippen LogP contribution in [0.15, 0.2) is 35.4 Å². The first-order valence-electron chi connectivity index (χ1n) is 9.44. The fourth-order valence-electron chi connectivity index (χ4n) is 3.51. The maximum atomic E-state index is 12.3. The van der Waals surface area contributed by atoms with Crippen molar-refractivity contribution >= 4 is 17.8 Å². The second kappa shape index (κ2) is 8.86. The molecule has 3 rings (SSSR count). The summed E-state index contributed by atoms with van der Waals surface area (Å²) in [5, 5.41) is 4.13. The van der Waals surface area contributed by atoms with Gasteiger partial charge in [-0.05, 0) is 57.0 Å². The van der Waals surface area contributed by atoms with E-state index in [1.807, 2.05) is 31.2 Å². The van der Waals surface area contributed by atoms with Gasteiger partial charge in [0.2, 0.25) is 0 Å². The number of ether oxygens (including phenoxy) is 1. The standard InChI is InChI=1S/C21H28N4O2/c1-16-14-19(17(2)25(16)12-13-27-3)15-22-23-21(26)18-6-8-20(9-7-18)24-10-4-5-11-24/h6-9,14-15H,4-5,10-13H2,1-3H3,(H,23,26)/b22-15-. The lowest BCUT2D eigenvalue weighted by atomic mass is 10.2. The number of amides is 1. The molecular formula is C21H28N4O2. The summed E-state index contributed by atoms with van der Waals surface area (Å²) in [5.74, 6) is -0.201. The molecule has 1 aromatic carbocycles. The quantitative estimate of drug-likeness (QED) is 0.603. The zero-order valence-electron chi connectivity index (χ0n) is 16.4. The lowest BCUT2D eigenvalue weighted by Gasteiger charge is -2.17. The zero-order valence-corrected chi connectivity index (χ0v) is 16.4. The molecule has 1 fully saturated rings. The van der Waals surface area contributed by atoms with Gasteiger partial charge < -0.3 is 14.2 Å². The van der Waals surface area contributed by atoms with Gasteiger partial charge >= 0.3 is 0 Å². The van der Waals surface area contributed by atoms with E-state index in [1.165, 1.54) is 18.5 Å². The van der Waals surface area contributed by atoms with Crippen LogP contribution >= 0.6 is 0 Å². The molecule has 1 N–H and O–H groups in total. The Morgan fingerprint density at radius 3 is 2.59 bits per heavy atom. The van der Waals surface area contributed by atoms with Crippen molar-refractivity contribution in [1.29, 1.82) is 0 Å². The van der Waals surface area contributed by atoms with Gasteiger partial charge in [0.1, 0.15) is 0 Å². The molecule has 0 unspecified atom stereocenters. The SMILES string of the molecule is COCCn1c(C)cc(/C=N\NC(=O)c2ccc(N3CCCC3)cc2)c1C. The van der Waals surface area contributed by atoms with Gasteiger partial charge in [-0.25, -0.2) is 5.43 Å². The molecule has 144 valence electrons. The van der Waals surface area contributed by atoms with Crippen LogP contribution in [0.25, 0.3) is 0 Å². The van der Waals surface area contributed by atoms with Crippen LogP contribution in [-0.2, 0) is 11.3 Å². The number of nitrogens with zero attached hydrogens (tertiary/aromatic N) is 3. The molecule has 1 aromatic heterocycles. The summed E-state index contributed by atoms with van der Waals surface area (Å²) < 4.78 is 7.34. The summed E-state index contributed by atoms with van der Waals surface area (Å²) in [7, 11) is 1.70. The average molecular weight is 368 g/mol. The predicted molar refractivity (Wildman–Crippen MR) is 109 cm³/mol. The van der Waals surface area contributed by atoms with Gasteiger partial charge in [0.25, 0.3) is 5.91 Å². The van der Waals surface area contributed by atoms with Crippen LogP contribution in [0, 0.1) is 13.8 Å². The smallest absolute Gasteiger partial charge is 0.271 e. The number of nitrogens with one attached hydrogen (secondary N) is 1. The van der Waals surface area contributed by atoms with Crippen molar-refractivity contribution in [2.24, 2.45) is 5.10 Å². The van der Waals surface area contributed by atoms with E-state index in [4.69, 9.17) is 4.74 Å². The molecule has 6 heteroatoms. The summed E-state index contributed by atoms with van der Waals surface area (Å²) in [6.45, 7) is 7.76. The van der Waals surface area contributed by atoms with Crippen molar-refractivity contribution < 1.29 is 9.53 Å². The number of aryl methyl sites for hydroxylation is 1. The van der Waals surface area contributed by atoms with Crippen LogP contribution in [0.1, 0.15) is 40.2 Å². The van der Waals surface area contributed by atoms with E-state index in [9.17, 15) is 4.79 Å². The number of aromatic nitrogens is 1. The lowest BCUT2D eigenvalue weighted by Crippen LogP contribution is -2.19. The van der Waals surface area contributed by atoms with E-state index < -0.39 is 0 Å². The van der Waals surface area contributed by atoms with E-state index in [2.05, 4.69) is 33.0 Å². The zero-order chi connectivity index (χ0) is 19.2. The maximum absolute atomic E-state index is 12.3. The summed E-state index contributed by atoms with van der Waals surface area (Å²) in [4.78, 5) is 14.7. The third-order valence-electron chi connectivity index (χ3n) is 5.10. The fourth-order valence-corrected chi connectivity index (χ4v) is 3.51. The molecule has 0 aliphatic carbocycles. The Kier molecular flexibility index (Phi) is 6.29. The van der Waals surface area contributed by atoms with Crippen molar-refractivity contribution in [3.8, 4) is 0 Å². The first kappa shape index (κ1) is 19.2. The first-order chi connectivity index (χ1) is 13.1. The Bertz CT molecular complexity index is 802. The number of hydrogen-bond donors (Lipinski definition) is 1. The molecule has 1 saturated heterocycles. The molecule has 27 heavy (non-hydrogen) atoms. The molecule has 2 heterocycles. The highest BCUT2D eigenvalue weighted by Gasteiger charge is 2.13. The summed E-state index contributed by atoms with van der Waals surface area (Å²) in [6, 6.07) is 9.79. The first-order valence-corrected chi connectivity index (χ1v) is 9.44. The molecule has 0 bridgehead atoms. The summed E-state index contributed by atoms with van der Waals surface area (Å²) >= 11 is 0. The molecular weight excluding hydrogens is 340 g/mol. The Labute approximate surface area is 160 Å². The minimum absolute atomic E-state index is 0.201. The van der Waals surface area contributed by atoms with Gasteiger partial charge in [-0.2, -0.15) is 5.10 Å². The van der Waals surface area contributed by atoms with Crippen LogP contribution in [0.5, 0.6) is 0 Å². The van der Waals surface area contributed by atoms with E-state index in [0.29, 0.717) is 12.2 Å². The highest BCUT2D eigenvalue weighted by molar-refractivity contribution is 5.95. The topological polar surface area (TPSA) is 58.9 Å². The van der Waals surface area contributed by atoms with Crippen LogP contribution < -0.4 is 10.3 Å². The van der Waals surface area contributed by atoms with Gasteiger partial charge in [-0.3, -0.25) is 4.79 Å². The number of carbonyl (C=O) groups is 1. The number of methoxy groups -OCH3 is 1. The second-order valence-corrected chi connectivity index (χ2v) is 6.91. The number of carbonyl (C=O) groups excluding carboxylic acids is 1. The minimum Gasteiger partial charge on any atom is -0.383 e. The average Bonchev–Trinajstić information content (AvgIpc) is 3.30. The molecule has 0 saturated carbocycles. The van der Waals surface area contributed by atoms with Crippen molar-refractivity contribution in [2.75, 3.05) is 31.7 Å². The molecule has 2 aromatic rings. The van der Waals surface area contributed by atoms with Gasteiger partial charge in [0, 0.05) is 54.9 Å². The summed E-state index contributed by atoms with van der Waals surface area (Å²) in [5.41, 5.74) is 7.66. The van der Waals surface area contributed by atoms with Crippen molar-refractivity contribution in [3.05, 3.63) is 52.8 Å². The van der Waals surface area contributed by atoms with E-state index in [1.54, 1.807) is 13.3 Å². The van der Waals surface area contributed by atoms with E-state index >= 15 is 0 Å². The normalized spacial score (nSPS) is 14.3. The van der Waals surface area contributed by atoms with Crippen molar-refractivity contribution in [3.63, 3.8) is 0 Å². The lowest BCUT2D eigenvalue weighted by molar-refractivity contribution is 0.0955. The molecule has 0 spiro atoms. The molecule has 1 aliphatic rings. The summed E-state index contributed by atoms with van der Waals surface area (Å²) in [6.07, 6.45) is 4.17. The van der Waals surface area contributed by atoms with Gasteiger partial charge in [0.05, 0.1) is 12.8 Å². The highest BCUT2D eigenvalue weighted by atomic mass is 16.5. The number of anilines is 1. The van der Waals surface area contributed by atoms with E-state index in [0.717, 1.165) is 36.6 Å². The molecule has 1 amide bonds. The Hall–Kier alpha value is -2.60. The van der Waals surface area contributed by atoms with Gasteiger partial charge in [-0.15, -0.1) is 0 Å². The third kappa shape index (κ3) is 4.57. The largest absolute Gasteiger partial charge is 0.383 e. The Morgan fingerprint density at radius 1 is 1.22 bits per heavy atom. The fraction of sp³-hybridized carbons (Fsp3) is 0.429. The molecule has 6 nitrogen and oxygen atoms in total. The second-order valence-electron chi connectivity index (χ2n) is 6.91. The number of hydrogen-bond acceptors (Lipinski definition) is 4. The van der Waals surface area contributed by atoms with Crippen LogP contribution in [0.4, 0.5) is 5.69 Å². The minimum atomic E-state index is -0.201. The molecule has 0 atom stereocenters. The van der Waals surface area contributed by atoms with Crippen LogP contribution in [-0.4, -0.2) is 43.5 Å². The maximum Gasteiger partial charge on any atom is 0.271 e. The Morgan fingerprint density at radius 2 is 1.93 bits per heavy atom. The third-order valence-corrected chi connectivity index (χ3v) is 5.10. The number of benzene rings is 1. The van der Waals surface area contributed by atoms with Gasteiger partial charge in [0.15, 0.2) is 0 Å². The highest BCUT2D eigenvalue weighted by Crippen LogP contribution is 2.20. The van der Waals surface area contributed by atoms with Crippen LogP contribution in [0.3, 0.4) is 0 Å². The van der Waals surface area contributed by atoms with Crippen molar-refractivity contribution in [1.82, 2.24) is 9.99 Å². The van der Waals surface area contributed by atoms with Crippen molar-refractivity contribution in [2.45, 2.75) is 33.2 Å². The van der Waals surface area contributed by atoms with E-state index in [-0.39, 0.29) is 5.91 Å². The van der Waals surface area contributed by atoms with Crippen LogP contribution in [0.2, 0.25) is 0 Å². The monoisotopic (exact) mass is 368 g/mol. The molecule has 0 radical (unpaired) electrons.